The van der Waals surface area contributed by atoms with Crippen molar-refractivity contribution in [2.45, 2.75) is 26.8 Å². The summed E-state index contributed by atoms with van der Waals surface area (Å²) in [7, 11) is 1.78. The van der Waals surface area contributed by atoms with Crippen LogP contribution in [0.1, 0.15) is 19.4 Å². The number of benzene rings is 1. The lowest BCUT2D eigenvalue weighted by atomic mass is 10.1. The first-order valence-electron chi connectivity index (χ1n) is 5.94. The van der Waals surface area contributed by atoms with Crippen molar-refractivity contribution in [3.8, 4) is 0 Å². The molecule has 0 fully saturated rings. The number of hydrogen-bond acceptors (Lipinski definition) is 3. The van der Waals surface area contributed by atoms with Crippen LogP contribution in [-0.2, 0) is 4.79 Å². The van der Waals surface area contributed by atoms with Gasteiger partial charge in [-0.3, -0.25) is 4.79 Å². The minimum Gasteiger partial charge on any atom is -0.398 e. The van der Waals surface area contributed by atoms with Crippen LogP contribution in [-0.4, -0.2) is 30.4 Å². The molecule has 1 atom stereocenters. The Hall–Kier alpha value is -1.42. The third kappa shape index (κ3) is 3.29. The van der Waals surface area contributed by atoms with E-state index in [4.69, 9.17) is 17.3 Å². The molecule has 5 heteroatoms. The van der Waals surface area contributed by atoms with E-state index >= 15 is 0 Å². The molecule has 1 aromatic carbocycles. The van der Waals surface area contributed by atoms with Gasteiger partial charge in [-0.1, -0.05) is 11.6 Å². The molecule has 18 heavy (non-hydrogen) atoms. The summed E-state index contributed by atoms with van der Waals surface area (Å²) in [6.07, 6.45) is 0. The van der Waals surface area contributed by atoms with E-state index in [1.54, 1.807) is 24.1 Å². The molecule has 100 valence electrons. The molecular formula is C13H20ClN3O. The summed E-state index contributed by atoms with van der Waals surface area (Å²) in [6, 6.07) is 3.25. The van der Waals surface area contributed by atoms with Gasteiger partial charge in [0.05, 0.1) is 10.7 Å². The lowest BCUT2D eigenvalue weighted by Crippen LogP contribution is -2.38. The normalized spacial score (nSPS) is 12.1. The molecule has 1 aromatic rings. The number of halogens is 1. The lowest BCUT2D eigenvalue weighted by molar-refractivity contribution is -0.130. The molecule has 1 unspecified atom stereocenters. The molecule has 0 aliphatic heterocycles. The molecule has 0 bridgehead atoms. The molecule has 0 heterocycles. The van der Waals surface area contributed by atoms with Crippen molar-refractivity contribution < 1.29 is 4.79 Å². The highest BCUT2D eigenvalue weighted by molar-refractivity contribution is 6.33. The fourth-order valence-electron chi connectivity index (χ4n) is 1.64. The van der Waals surface area contributed by atoms with Crippen molar-refractivity contribution in [1.29, 1.82) is 0 Å². The third-order valence-corrected chi connectivity index (χ3v) is 3.26. The van der Waals surface area contributed by atoms with E-state index in [1.807, 2.05) is 20.8 Å². The molecule has 1 amide bonds. The Balaban J connectivity index is 2.85. The predicted molar refractivity (Wildman–Crippen MR) is 77.0 cm³/mol. The number of anilines is 2. The number of amides is 1. The predicted octanol–water partition coefficient (Wildman–Crippen LogP) is 2.51. The maximum absolute atomic E-state index is 11.9. The first-order valence-corrected chi connectivity index (χ1v) is 6.31. The van der Waals surface area contributed by atoms with Crippen LogP contribution in [0.5, 0.6) is 0 Å². The zero-order valence-electron chi connectivity index (χ0n) is 11.2. The van der Waals surface area contributed by atoms with E-state index in [0.29, 0.717) is 17.3 Å². The minimum absolute atomic E-state index is 0.0462. The Morgan fingerprint density at radius 1 is 1.56 bits per heavy atom. The quantitative estimate of drug-likeness (QED) is 0.826. The van der Waals surface area contributed by atoms with Crippen molar-refractivity contribution in [3.63, 3.8) is 0 Å². The standard InChI is InChI=1S/C13H20ClN3O/c1-5-17(4)13(18)9(3)16-12-7-10(14)11(15)6-8(12)2/h6-7,9,16H,5,15H2,1-4H3. The number of nitrogens with two attached hydrogens (primary N) is 1. The molecular weight excluding hydrogens is 250 g/mol. The van der Waals surface area contributed by atoms with Crippen LogP contribution in [0.2, 0.25) is 5.02 Å². The van der Waals surface area contributed by atoms with Crippen LogP contribution < -0.4 is 11.1 Å². The molecule has 0 aromatic heterocycles. The van der Waals surface area contributed by atoms with Gasteiger partial charge in [0.1, 0.15) is 6.04 Å². The highest BCUT2D eigenvalue weighted by Gasteiger charge is 2.17. The molecule has 0 spiro atoms. The summed E-state index contributed by atoms with van der Waals surface area (Å²) < 4.78 is 0. The van der Waals surface area contributed by atoms with E-state index in [1.165, 1.54) is 0 Å². The highest BCUT2D eigenvalue weighted by atomic mass is 35.5. The summed E-state index contributed by atoms with van der Waals surface area (Å²) >= 11 is 5.98. The van der Waals surface area contributed by atoms with Crippen molar-refractivity contribution >= 4 is 28.9 Å². The van der Waals surface area contributed by atoms with Crippen molar-refractivity contribution in [2.75, 3.05) is 24.6 Å². The van der Waals surface area contributed by atoms with Gasteiger partial charge in [0, 0.05) is 19.3 Å². The number of rotatable bonds is 4. The van der Waals surface area contributed by atoms with Crippen LogP contribution in [0.4, 0.5) is 11.4 Å². The van der Waals surface area contributed by atoms with E-state index in [9.17, 15) is 4.79 Å². The highest BCUT2D eigenvalue weighted by Crippen LogP contribution is 2.27. The zero-order valence-corrected chi connectivity index (χ0v) is 12.0. The van der Waals surface area contributed by atoms with Gasteiger partial charge in [0.15, 0.2) is 0 Å². The van der Waals surface area contributed by atoms with Gasteiger partial charge in [0.25, 0.3) is 0 Å². The summed E-state index contributed by atoms with van der Waals surface area (Å²) in [5.41, 5.74) is 8.06. The molecule has 3 N–H and O–H groups in total. The van der Waals surface area contributed by atoms with E-state index < -0.39 is 0 Å². The van der Waals surface area contributed by atoms with Crippen molar-refractivity contribution in [3.05, 3.63) is 22.7 Å². The summed E-state index contributed by atoms with van der Waals surface area (Å²) in [5.74, 6) is 0.0462. The van der Waals surface area contributed by atoms with Crippen LogP contribution >= 0.6 is 11.6 Å². The molecule has 1 rings (SSSR count). The Bertz CT molecular complexity index is 448. The number of nitrogens with zero attached hydrogens (tertiary/aromatic N) is 1. The number of carbonyl (C=O) groups excluding carboxylic acids is 1. The monoisotopic (exact) mass is 269 g/mol. The van der Waals surface area contributed by atoms with Crippen LogP contribution in [0, 0.1) is 6.92 Å². The molecule has 0 saturated carbocycles. The average molecular weight is 270 g/mol. The molecule has 4 nitrogen and oxygen atoms in total. The second kappa shape index (κ2) is 5.96. The molecule has 0 aliphatic rings. The summed E-state index contributed by atoms with van der Waals surface area (Å²) in [6.45, 7) is 6.39. The first kappa shape index (κ1) is 14.6. The molecule has 0 saturated heterocycles. The van der Waals surface area contributed by atoms with Gasteiger partial charge in [-0.05, 0) is 38.5 Å². The topological polar surface area (TPSA) is 58.4 Å². The number of carbonyl (C=O) groups is 1. The maximum Gasteiger partial charge on any atom is 0.244 e. The average Bonchev–Trinajstić information content (AvgIpc) is 2.33. The Kier molecular flexibility index (Phi) is 4.84. The van der Waals surface area contributed by atoms with Crippen LogP contribution in [0.3, 0.4) is 0 Å². The van der Waals surface area contributed by atoms with Crippen molar-refractivity contribution in [1.82, 2.24) is 4.90 Å². The van der Waals surface area contributed by atoms with E-state index in [2.05, 4.69) is 5.32 Å². The van der Waals surface area contributed by atoms with Gasteiger partial charge in [-0.2, -0.15) is 0 Å². The van der Waals surface area contributed by atoms with Gasteiger partial charge in [0.2, 0.25) is 5.91 Å². The fourth-order valence-corrected chi connectivity index (χ4v) is 1.80. The summed E-state index contributed by atoms with van der Waals surface area (Å²) in [5, 5.41) is 3.65. The lowest BCUT2D eigenvalue weighted by Gasteiger charge is -2.22. The van der Waals surface area contributed by atoms with Gasteiger partial charge >= 0.3 is 0 Å². The number of aryl methyl sites for hydroxylation is 1. The fraction of sp³-hybridized carbons (Fsp3) is 0.462. The van der Waals surface area contributed by atoms with Crippen molar-refractivity contribution in [2.24, 2.45) is 0 Å². The maximum atomic E-state index is 11.9. The van der Waals surface area contributed by atoms with Crippen LogP contribution in [0.25, 0.3) is 0 Å². The van der Waals surface area contributed by atoms with Crippen LogP contribution in [0.15, 0.2) is 12.1 Å². The Labute approximate surface area is 113 Å². The molecule has 0 aliphatic carbocycles. The Morgan fingerprint density at radius 2 is 2.17 bits per heavy atom. The second-order valence-electron chi connectivity index (χ2n) is 4.41. The third-order valence-electron chi connectivity index (χ3n) is 2.94. The Morgan fingerprint density at radius 3 is 2.72 bits per heavy atom. The number of nitrogen functional groups attached to an aromatic ring is 1. The smallest absolute Gasteiger partial charge is 0.244 e. The summed E-state index contributed by atoms with van der Waals surface area (Å²) in [4.78, 5) is 13.6. The SMILES string of the molecule is CCN(C)C(=O)C(C)Nc1cc(Cl)c(N)cc1C. The number of hydrogen-bond donors (Lipinski definition) is 2. The first-order chi connectivity index (χ1) is 8.36. The number of nitrogens with one attached hydrogen (secondary N) is 1. The zero-order chi connectivity index (χ0) is 13.9. The second-order valence-corrected chi connectivity index (χ2v) is 4.81. The van der Waals surface area contributed by atoms with Gasteiger partial charge < -0.3 is 16.0 Å². The van der Waals surface area contributed by atoms with Gasteiger partial charge in [-0.15, -0.1) is 0 Å². The van der Waals surface area contributed by atoms with Gasteiger partial charge in [-0.25, -0.2) is 0 Å². The minimum atomic E-state index is -0.298. The molecule has 0 radical (unpaired) electrons. The largest absolute Gasteiger partial charge is 0.398 e. The van der Waals surface area contributed by atoms with E-state index in [-0.39, 0.29) is 11.9 Å². The van der Waals surface area contributed by atoms with E-state index in [0.717, 1.165) is 11.3 Å². The number of likely N-dealkylation sites (N-methyl/N-ethyl adjacent to an activating group) is 1.